The zero-order valence-corrected chi connectivity index (χ0v) is 14.1. The Labute approximate surface area is 141 Å². The van der Waals surface area contributed by atoms with Crippen molar-refractivity contribution in [1.29, 1.82) is 0 Å². The Balaban J connectivity index is 1.90. The summed E-state index contributed by atoms with van der Waals surface area (Å²) in [5.41, 5.74) is 6.27. The van der Waals surface area contributed by atoms with Crippen molar-refractivity contribution in [2.75, 3.05) is 38.6 Å². The highest BCUT2D eigenvalue weighted by atomic mass is 16.6. The minimum absolute atomic E-state index is 0.0806. The first-order chi connectivity index (χ1) is 11.4. The van der Waals surface area contributed by atoms with Crippen molar-refractivity contribution in [3.8, 4) is 5.75 Å². The third-order valence-electron chi connectivity index (χ3n) is 4.45. The molecule has 24 heavy (non-hydrogen) atoms. The van der Waals surface area contributed by atoms with E-state index in [1.54, 1.807) is 0 Å². The highest BCUT2D eigenvalue weighted by molar-refractivity contribution is 5.92. The first-order valence-corrected chi connectivity index (χ1v) is 7.91. The van der Waals surface area contributed by atoms with Crippen LogP contribution in [0.25, 0.3) is 0 Å². The van der Waals surface area contributed by atoms with E-state index in [2.05, 4.69) is 17.1 Å². The summed E-state index contributed by atoms with van der Waals surface area (Å²) >= 11 is 0. The van der Waals surface area contributed by atoms with Crippen LogP contribution < -0.4 is 15.8 Å². The van der Waals surface area contributed by atoms with Gasteiger partial charge in [0.2, 0.25) is 5.91 Å². The van der Waals surface area contributed by atoms with Gasteiger partial charge in [-0.3, -0.25) is 14.9 Å². The fourth-order valence-electron chi connectivity index (χ4n) is 2.85. The molecule has 1 unspecified atom stereocenters. The fraction of sp³-hybridized carbons (Fsp3) is 0.562. The van der Waals surface area contributed by atoms with E-state index in [-0.39, 0.29) is 22.8 Å². The summed E-state index contributed by atoms with van der Waals surface area (Å²) < 4.78 is 5.11. The third kappa shape index (κ3) is 4.42. The number of likely N-dealkylation sites (tertiary alicyclic amines) is 1. The standard InChI is InChI=1S/C16H24N4O4/c1-16(10-17)6-8-19(11-16)7-5-15(21)18-13-4-3-12(20(22)23)9-14(13)24-2/h3-4,9H,5-8,10-11,17H2,1-2H3,(H,18,21). The highest BCUT2D eigenvalue weighted by Crippen LogP contribution is 2.30. The Hall–Kier alpha value is -2.19. The topological polar surface area (TPSA) is 111 Å². The highest BCUT2D eigenvalue weighted by Gasteiger charge is 2.32. The summed E-state index contributed by atoms with van der Waals surface area (Å²) in [4.78, 5) is 24.6. The molecule has 1 heterocycles. The van der Waals surface area contributed by atoms with Gasteiger partial charge >= 0.3 is 0 Å². The van der Waals surface area contributed by atoms with Crippen molar-refractivity contribution in [1.82, 2.24) is 4.90 Å². The third-order valence-corrected chi connectivity index (χ3v) is 4.45. The molecule has 0 bridgehead atoms. The van der Waals surface area contributed by atoms with Gasteiger partial charge in [-0.15, -0.1) is 0 Å². The van der Waals surface area contributed by atoms with Gasteiger partial charge in [-0.05, 0) is 31.0 Å². The first kappa shape index (κ1) is 18.2. The van der Waals surface area contributed by atoms with Crippen LogP contribution in [0.2, 0.25) is 0 Å². The number of non-ortho nitro benzene ring substituents is 1. The molecule has 0 saturated carbocycles. The fourth-order valence-corrected chi connectivity index (χ4v) is 2.85. The molecular weight excluding hydrogens is 312 g/mol. The second kappa shape index (κ2) is 7.59. The van der Waals surface area contributed by atoms with Gasteiger partial charge < -0.3 is 20.7 Å². The molecule has 8 heteroatoms. The first-order valence-electron chi connectivity index (χ1n) is 7.91. The quantitative estimate of drug-likeness (QED) is 0.578. The number of benzene rings is 1. The van der Waals surface area contributed by atoms with Crippen LogP contribution in [0.1, 0.15) is 19.8 Å². The van der Waals surface area contributed by atoms with Crippen LogP contribution in [0, 0.1) is 15.5 Å². The van der Waals surface area contributed by atoms with Crippen LogP contribution in [0.15, 0.2) is 18.2 Å². The lowest BCUT2D eigenvalue weighted by Gasteiger charge is -2.22. The molecule has 1 atom stereocenters. The van der Waals surface area contributed by atoms with Crippen molar-refractivity contribution in [3.05, 3.63) is 28.3 Å². The number of nitrogens with one attached hydrogen (secondary N) is 1. The smallest absolute Gasteiger partial charge is 0.273 e. The van der Waals surface area contributed by atoms with Gasteiger partial charge in [0.15, 0.2) is 0 Å². The van der Waals surface area contributed by atoms with E-state index >= 15 is 0 Å². The number of hydrogen-bond acceptors (Lipinski definition) is 6. The summed E-state index contributed by atoms with van der Waals surface area (Å²) in [5, 5.41) is 13.5. The van der Waals surface area contributed by atoms with E-state index in [9.17, 15) is 14.9 Å². The Kier molecular flexibility index (Phi) is 5.74. The van der Waals surface area contributed by atoms with Gasteiger partial charge in [-0.25, -0.2) is 0 Å². The summed E-state index contributed by atoms with van der Waals surface area (Å²) in [6.07, 6.45) is 1.39. The SMILES string of the molecule is COc1cc([N+](=O)[O-])ccc1NC(=O)CCN1CCC(C)(CN)C1. The molecule has 8 nitrogen and oxygen atoms in total. The predicted molar refractivity (Wildman–Crippen MR) is 91.1 cm³/mol. The van der Waals surface area contributed by atoms with Crippen molar-refractivity contribution in [2.24, 2.45) is 11.1 Å². The van der Waals surface area contributed by atoms with Crippen LogP contribution in [0.5, 0.6) is 5.75 Å². The number of methoxy groups -OCH3 is 1. The molecule has 1 aliphatic rings. The molecule has 1 aromatic rings. The lowest BCUT2D eigenvalue weighted by atomic mass is 9.90. The zero-order chi connectivity index (χ0) is 17.7. The van der Waals surface area contributed by atoms with E-state index in [4.69, 9.17) is 10.5 Å². The maximum Gasteiger partial charge on any atom is 0.273 e. The molecule has 0 aromatic heterocycles. The number of anilines is 1. The predicted octanol–water partition coefficient (Wildman–Crippen LogP) is 1.60. The molecule has 1 fully saturated rings. The lowest BCUT2D eigenvalue weighted by Crippen LogP contribution is -2.32. The average Bonchev–Trinajstić information content (AvgIpc) is 2.95. The van der Waals surface area contributed by atoms with Gasteiger partial charge in [0.05, 0.1) is 23.8 Å². The number of carbonyl (C=O) groups excluding carboxylic acids is 1. The molecule has 0 aliphatic carbocycles. The summed E-state index contributed by atoms with van der Waals surface area (Å²) in [7, 11) is 1.41. The Morgan fingerprint density at radius 2 is 2.29 bits per heavy atom. The van der Waals surface area contributed by atoms with Crippen LogP contribution >= 0.6 is 0 Å². The van der Waals surface area contributed by atoms with Crippen molar-refractivity contribution < 1.29 is 14.5 Å². The number of rotatable bonds is 7. The van der Waals surface area contributed by atoms with Crippen LogP contribution in [0.4, 0.5) is 11.4 Å². The number of nitrogens with zero attached hydrogens (tertiary/aromatic N) is 2. The number of nitro benzene ring substituents is 1. The van der Waals surface area contributed by atoms with Crippen molar-refractivity contribution >= 4 is 17.3 Å². The van der Waals surface area contributed by atoms with Crippen LogP contribution in [-0.4, -0.2) is 49.0 Å². The van der Waals surface area contributed by atoms with Gasteiger partial charge in [0, 0.05) is 25.6 Å². The normalized spacial score (nSPS) is 20.8. The van der Waals surface area contributed by atoms with E-state index in [1.807, 2.05) is 0 Å². The Morgan fingerprint density at radius 3 is 2.88 bits per heavy atom. The van der Waals surface area contributed by atoms with Gasteiger partial charge in [-0.2, -0.15) is 0 Å². The molecule has 3 N–H and O–H groups in total. The number of carbonyl (C=O) groups is 1. The molecule has 2 rings (SSSR count). The average molecular weight is 336 g/mol. The van der Waals surface area contributed by atoms with Crippen molar-refractivity contribution in [2.45, 2.75) is 19.8 Å². The molecule has 1 aliphatic heterocycles. The molecule has 1 saturated heterocycles. The maximum absolute atomic E-state index is 12.1. The number of nitrogens with two attached hydrogens (primary N) is 1. The van der Waals surface area contributed by atoms with Crippen LogP contribution in [0.3, 0.4) is 0 Å². The Morgan fingerprint density at radius 1 is 1.54 bits per heavy atom. The molecular formula is C16H24N4O4. The molecule has 0 radical (unpaired) electrons. The second-order valence-electron chi connectivity index (χ2n) is 6.48. The minimum Gasteiger partial charge on any atom is -0.494 e. The summed E-state index contributed by atoms with van der Waals surface area (Å²) in [5.74, 6) is 0.123. The van der Waals surface area contributed by atoms with E-state index in [0.29, 0.717) is 25.2 Å². The van der Waals surface area contributed by atoms with Crippen LogP contribution in [-0.2, 0) is 4.79 Å². The van der Waals surface area contributed by atoms with E-state index in [0.717, 1.165) is 19.5 Å². The summed E-state index contributed by atoms with van der Waals surface area (Å²) in [6, 6.07) is 4.12. The van der Waals surface area contributed by atoms with E-state index in [1.165, 1.54) is 25.3 Å². The Bertz CT molecular complexity index is 622. The van der Waals surface area contributed by atoms with Crippen molar-refractivity contribution in [3.63, 3.8) is 0 Å². The number of amides is 1. The number of nitro groups is 1. The van der Waals surface area contributed by atoms with E-state index < -0.39 is 4.92 Å². The molecule has 1 aromatic carbocycles. The zero-order valence-electron chi connectivity index (χ0n) is 14.1. The maximum atomic E-state index is 12.1. The summed E-state index contributed by atoms with van der Waals surface area (Å²) in [6.45, 7) is 5.32. The molecule has 0 spiro atoms. The minimum atomic E-state index is -0.504. The largest absolute Gasteiger partial charge is 0.494 e. The number of hydrogen-bond donors (Lipinski definition) is 2. The molecule has 132 valence electrons. The second-order valence-corrected chi connectivity index (χ2v) is 6.48. The molecule has 1 amide bonds. The van der Waals surface area contributed by atoms with Gasteiger partial charge in [0.1, 0.15) is 5.75 Å². The lowest BCUT2D eigenvalue weighted by molar-refractivity contribution is -0.384. The van der Waals surface area contributed by atoms with Gasteiger partial charge in [-0.1, -0.05) is 6.92 Å². The number of ether oxygens (including phenoxy) is 1. The van der Waals surface area contributed by atoms with Gasteiger partial charge in [0.25, 0.3) is 5.69 Å². The monoisotopic (exact) mass is 336 g/mol.